The van der Waals surface area contributed by atoms with Crippen molar-refractivity contribution >= 4 is 25.0 Å². The van der Waals surface area contributed by atoms with E-state index in [0.29, 0.717) is 44.9 Å². The second-order valence-electron chi connectivity index (χ2n) is 5.69. The first-order valence-electron chi connectivity index (χ1n) is 7.85. The van der Waals surface area contributed by atoms with Crippen LogP contribution in [-0.2, 0) is 4.76 Å². The maximum absolute atomic E-state index is 13.6. The predicted molar refractivity (Wildman–Crippen MR) is 88.4 cm³/mol. The molecule has 1 N–H and O–H groups in total. The van der Waals surface area contributed by atoms with Gasteiger partial charge < -0.3 is 10.1 Å². The molecule has 0 aliphatic carbocycles. The van der Waals surface area contributed by atoms with Crippen LogP contribution in [0.4, 0.5) is 14.9 Å². The molecule has 0 bridgehead atoms. The number of carbonyl (C=O) groups is 1. The minimum Gasteiger partial charge on any atom is -0.374 e. The van der Waals surface area contributed by atoms with Gasteiger partial charge >= 0.3 is 13.5 Å². The third-order valence-electron chi connectivity index (χ3n) is 4.43. The fourth-order valence-corrected chi connectivity index (χ4v) is 3.43. The number of benzene rings is 1. The van der Waals surface area contributed by atoms with Gasteiger partial charge in [-0.15, -0.1) is 0 Å². The number of hydrogen-bond acceptors (Lipinski definition) is 4. The second-order valence-corrected chi connectivity index (χ2v) is 5.69. The minimum atomic E-state index is -0.562. The number of rotatable bonds is 3. The summed E-state index contributed by atoms with van der Waals surface area (Å²) in [6.45, 7) is 3.32. The van der Waals surface area contributed by atoms with E-state index in [2.05, 4.69) is 10.3 Å². The molecule has 1 saturated heterocycles. The number of anilines is 1. The lowest BCUT2D eigenvalue weighted by Crippen LogP contribution is -2.60. The first kappa shape index (κ1) is 16.0. The molecule has 0 unspecified atom stereocenters. The number of urea groups is 1. The highest BCUT2D eigenvalue weighted by atomic mass is 19.1. The van der Waals surface area contributed by atoms with Crippen molar-refractivity contribution in [2.75, 3.05) is 25.0 Å². The number of nitrogens with zero attached hydrogens (tertiary/aromatic N) is 3. The van der Waals surface area contributed by atoms with Crippen LogP contribution >= 0.6 is 0 Å². The van der Waals surface area contributed by atoms with Crippen LogP contribution in [0.15, 0.2) is 29.3 Å². The highest BCUT2D eigenvalue weighted by molar-refractivity contribution is 6.24. The third-order valence-corrected chi connectivity index (χ3v) is 4.43. The molecule has 2 heterocycles. The molecule has 3 rings (SSSR count). The Balaban J connectivity index is 1.94. The molecule has 6 nitrogen and oxygen atoms in total. The van der Waals surface area contributed by atoms with Gasteiger partial charge in [-0.1, -0.05) is 12.9 Å². The van der Waals surface area contributed by atoms with Crippen LogP contribution in [0.2, 0.25) is 6.82 Å². The second kappa shape index (κ2) is 6.29. The van der Waals surface area contributed by atoms with E-state index in [0.717, 1.165) is 0 Å². The number of piperidine rings is 1. The zero-order chi connectivity index (χ0) is 16.4. The maximum atomic E-state index is 13.6. The van der Waals surface area contributed by atoms with E-state index in [4.69, 9.17) is 4.76 Å². The van der Waals surface area contributed by atoms with Gasteiger partial charge in [0.25, 0.3) is 0 Å². The Labute approximate surface area is 135 Å². The quantitative estimate of drug-likeness (QED) is 0.859. The smallest absolute Gasteiger partial charge is 0.350 e. The summed E-state index contributed by atoms with van der Waals surface area (Å²) in [5.74, 6) is 0.276. The molecule has 1 aromatic rings. The number of carbonyl (C=O) groups excluding carboxylic acids is 1. The number of halogens is 1. The molecule has 122 valence electrons. The lowest BCUT2D eigenvalue weighted by atomic mass is 9.85. The predicted octanol–water partition coefficient (Wildman–Crippen LogP) is 1.55. The Kier molecular flexibility index (Phi) is 4.36. The topological polar surface area (TPSA) is 57.2 Å². The summed E-state index contributed by atoms with van der Waals surface area (Å²) >= 11 is 0. The van der Waals surface area contributed by atoms with Gasteiger partial charge in [-0.25, -0.2) is 14.2 Å². The number of nitrogens with one attached hydrogen (secondary N) is 1. The first-order chi connectivity index (χ1) is 11.1. The molecule has 1 spiro atoms. The van der Waals surface area contributed by atoms with E-state index in [1.54, 1.807) is 24.1 Å². The average Bonchev–Trinajstić information content (AvgIpc) is 2.81. The van der Waals surface area contributed by atoms with Crippen molar-refractivity contribution in [3.05, 3.63) is 30.1 Å². The largest absolute Gasteiger partial charge is 0.374 e. The van der Waals surface area contributed by atoms with Crippen LogP contribution < -0.4 is 10.2 Å². The number of likely N-dealkylation sites (N-methyl/N-ethyl adjacent to an activating group) is 1. The Morgan fingerprint density at radius 2 is 2.13 bits per heavy atom. The first-order valence-corrected chi connectivity index (χ1v) is 7.85. The molecule has 1 fully saturated rings. The van der Waals surface area contributed by atoms with Crippen molar-refractivity contribution in [1.82, 2.24) is 10.4 Å². The molecule has 0 radical (unpaired) electrons. The van der Waals surface area contributed by atoms with Crippen molar-refractivity contribution in [1.29, 1.82) is 0 Å². The average molecular weight is 318 g/mol. The molecule has 8 heteroatoms. The number of amidine groups is 1. The molecule has 2 aliphatic heterocycles. The van der Waals surface area contributed by atoms with Crippen LogP contribution in [-0.4, -0.2) is 50.1 Å². The summed E-state index contributed by atoms with van der Waals surface area (Å²) in [6, 6.07) is 5.74. The number of hydroxylamine groups is 2. The van der Waals surface area contributed by atoms with Gasteiger partial charge in [0.1, 0.15) is 17.2 Å². The van der Waals surface area contributed by atoms with Crippen LogP contribution in [0.1, 0.15) is 12.8 Å². The molecule has 0 saturated carbocycles. The van der Waals surface area contributed by atoms with Gasteiger partial charge in [-0.05, 0) is 31.0 Å². The standard InChI is InChI=1S/C15H20BFN4O2/c1-16-23-20-8-6-15(7-9-20)13(18-2)19-14(22)21(15)12-5-3-4-11(17)10-12/h3-5,10,16H,6-9H2,1-2H3,(H,18,19,22). The summed E-state index contributed by atoms with van der Waals surface area (Å²) < 4.78 is 19.2. The Morgan fingerprint density at radius 1 is 1.39 bits per heavy atom. The van der Waals surface area contributed by atoms with Crippen LogP contribution in [0.3, 0.4) is 0 Å². The van der Waals surface area contributed by atoms with E-state index < -0.39 is 5.54 Å². The minimum absolute atomic E-state index is 0.357. The van der Waals surface area contributed by atoms with Gasteiger partial charge in [0, 0.05) is 25.8 Å². The maximum Gasteiger partial charge on any atom is 0.350 e. The van der Waals surface area contributed by atoms with Crippen molar-refractivity contribution in [3.63, 3.8) is 0 Å². The van der Waals surface area contributed by atoms with E-state index in [-0.39, 0.29) is 11.8 Å². The third kappa shape index (κ3) is 2.72. The summed E-state index contributed by atoms with van der Waals surface area (Å²) in [5.41, 5.74) is -0.0263. The van der Waals surface area contributed by atoms with Crippen molar-refractivity contribution in [2.24, 2.45) is 4.99 Å². The van der Waals surface area contributed by atoms with Gasteiger partial charge in [-0.2, -0.15) is 4.99 Å². The molecule has 2 amide bonds. The molecule has 2 aliphatic rings. The van der Waals surface area contributed by atoms with Crippen LogP contribution in [0, 0.1) is 5.82 Å². The molecule has 1 aromatic carbocycles. The molecular formula is C15H20BFN4O2. The monoisotopic (exact) mass is 318 g/mol. The van der Waals surface area contributed by atoms with Gasteiger partial charge in [0.15, 0.2) is 0 Å². The molecule has 0 atom stereocenters. The van der Waals surface area contributed by atoms with Crippen molar-refractivity contribution in [2.45, 2.75) is 25.2 Å². The van der Waals surface area contributed by atoms with E-state index in [1.807, 2.05) is 11.9 Å². The molecule has 23 heavy (non-hydrogen) atoms. The lowest BCUT2D eigenvalue weighted by molar-refractivity contribution is -0.0774. The highest BCUT2D eigenvalue weighted by Gasteiger charge is 2.51. The van der Waals surface area contributed by atoms with E-state index in [1.165, 1.54) is 12.1 Å². The zero-order valence-electron chi connectivity index (χ0n) is 13.4. The summed E-state index contributed by atoms with van der Waals surface area (Å²) in [7, 11) is 2.38. The van der Waals surface area contributed by atoms with Gasteiger partial charge in [-0.3, -0.25) is 4.90 Å². The number of hydrogen-bond donors (Lipinski definition) is 1. The van der Waals surface area contributed by atoms with Gasteiger partial charge in [0.2, 0.25) is 0 Å². The lowest BCUT2D eigenvalue weighted by Gasteiger charge is -2.44. The fraction of sp³-hybridized carbons (Fsp3) is 0.467. The summed E-state index contributed by atoms with van der Waals surface area (Å²) in [5, 5.41) is 4.96. The van der Waals surface area contributed by atoms with Crippen molar-refractivity contribution < 1.29 is 13.9 Å². The fourth-order valence-electron chi connectivity index (χ4n) is 3.43. The summed E-state index contributed by atoms with van der Waals surface area (Å²) in [4.78, 5) is 18.2. The van der Waals surface area contributed by atoms with E-state index in [9.17, 15) is 9.18 Å². The molecule has 0 aromatic heterocycles. The summed E-state index contributed by atoms with van der Waals surface area (Å²) in [6.07, 6.45) is 1.35. The zero-order valence-corrected chi connectivity index (χ0v) is 13.4. The van der Waals surface area contributed by atoms with E-state index >= 15 is 0 Å². The Bertz CT molecular complexity index is 632. The molecular weight excluding hydrogens is 298 g/mol. The Morgan fingerprint density at radius 3 is 2.74 bits per heavy atom. The van der Waals surface area contributed by atoms with Gasteiger partial charge in [0.05, 0.1) is 0 Å². The Hall–Kier alpha value is -1.93. The van der Waals surface area contributed by atoms with Crippen LogP contribution in [0.25, 0.3) is 0 Å². The number of aliphatic imine (C=N–C) groups is 1. The SMILES string of the molecule is CBON1CCC2(CC1)C(NC)=NC(=O)N2c1cccc(F)c1. The van der Waals surface area contributed by atoms with Crippen molar-refractivity contribution in [3.8, 4) is 0 Å². The number of amides is 2. The van der Waals surface area contributed by atoms with Crippen LogP contribution in [0.5, 0.6) is 0 Å². The highest BCUT2D eigenvalue weighted by Crippen LogP contribution is 2.38. The normalized spacial score (nSPS) is 20.7.